The molecule has 0 saturated carbocycles. The highest BCUT2D eigenvalue weighted by Gasteiger charge is 2.56. The van der Waals surface area contributed by atoms with E-state index in [4.69, 9.17) is 14.2 Å². The molecule has 0 aliphatic carbocycles. The molecule has 0 amide bonds. The molecule has 6 nitrogen and oxygen atoms in total. The van der Waals surface area contributed by atoms with Gasteiger partial charge in [0.15, 0.2) is 0 Å². The number of ether oxygens (including phenoxy) is 3. The normalized spacial score (nSPS) is 23.2. The molecule has 2 heterocycles. The number of esters is 1. The molecule has 0 unspecified atom stereocenters. The Bertz CT molecular complexity index is 1390. The number of methoxy groups -OCH3 is 2. The predicted molar refractivity (Wildman–Crippen MR) is 149 cm³/mol. The fraction of sp³-hybridized carbons (Fsp3) is 0.242. The minimum atomic E-state index is -0.492. The first-order valence-electron chi connectivity index (χ1n) is 13.2. The molecule has 0 bridgehead atoms. The summed E-state index contributed by atoms with van der Waals surface area (Å²) >= 11 is 0. The molecule has 0 spiro atoms. The van der Waals surface area contributed by atoms with Crippen LogP contribution in [-0.4, -0.2) is 42.6 Å². The molecule has 2 aliphatic rings. The molecular formula is C33H32N2O4. The van der Waals surface area contributed by atoms with Crippen LogP contribution in [0.3, 0.4) is 0 Å². The van der Waals surface area contributed by atoms with Gasteiger partial charge >= 0.3 is 5.97 Å². The number of carbonyl (C=O) groups excluding carboxylic acids is 1. The molecular weight excluding hydrogens is 488 g/mol. The van der Waals surface area contributed by atoms with Crippen LogP contribution in [0.1, 0.15) is 40.5 Å². The molecule has 6 rings (SSSR count). The molecule has 0 N–H and O–H groups in total. The van der Waals surface area contributed by atoms with Crippen molar-refractivity contribution in [3.05, 3.63) is 131 Å². The number of fused-ring (bicyclic) bond motifs is 1. The maximum absolute atomic E-state index is 13.7. The molecule has 2 aliphatic heterocycles. The Morgan fingerprint density at radius 2 is 1.26 bits per heavy atom. The van der Waals surface area contributed by atoms with E-state index >= 15 is 0 Å². The Morgan fingerprint density at radius 3 is 1.85 bits per heavy atom. The summed E-state index contributed by atoms with van der Waals surface area (Å²) in [6, 6.07) is 36.2. The number of hydrogen-bond acceptors (Lipinski definition) is 6. The summed E-state index contributed by atoms with van der Waals surface area (Å²) in [5, 5.41) is 0. The zero-order chi connectivity index (χ0) is 26.8. The van der Waals surface area contributed by atoms with Crippen molar-refractivity contribution in [3.8, 4) is 11.5 Å². The maximum atomic E-state index is 13.7. The van der Waals surface area contributed by atoms with Gasteiger partial charge in [-0.05, 0) is 46.5 Å². The third kappa shape index (κ3) is 4.78. The molecule has 2 fully saturated rings. The van der Waals surface area contributed by atoms with Crippen LogP contribution in [0.4, 0.5) is 0 Å². The number of benzene rings is 4. The average molecular weight is 521 g/mol. The number of hydrogen-bond donors (Lipinski definition) is 0. The second-order valence-corrected chi connectivity index (χ2v) is 9.97. The highest BCUT2D eigenvalue weighted by molar-refractivity contribution is 5.79. The molecule has 39 heavy (non-hydrogen) atoms. The summed E-state index contributed by atoms with van der Waals surface area (Å²) < 4.78 is 16.8. The van der Waals surface area contributed by atoms with Gasteiger partial charge in [-0.25, -0.2) is 0 Å². The van der Waals surface area contributed by atoms with Crippen LogP contribution in [0.25, 0.3) is 0 Å². The molecule has 4 atom stereocenters. The van der Waals surface area contributed by atoms with E-state index in [-0.39, 0.29) is 24.2 Å². The lowest BCUT2D eigenvalue weighted by atomic mass is 9.95. The van der Waals surface area contributed by atoms with Gasteiger partial charge in [-0.1, -0.05) is 84.9 Å². The number of cyclic esters (lactones) is 1. The number of carbonyl (C=O) groups is 1. The largest absolute Gasteiger partial charge is 0.497 e. The van der Waals surface area contributed by atoms with Crippen molar-refractivity contribution in [2.45, 2.75) is 30.8 Å². The van der Waals surface area contributed by atoms with Crippen molar-refractivity contribution >= 4 is 5.97 Å². The summed E-state index contributed by atoms with van der Waals surface area (Å²) in [4.78, 5) is 18.5. The predicted octanol–water partition coefficient (Wildman–Crippen LogP) is 5.93. The summed E-state index contributed by atoms with van der Waals surface area (Å²) in [5.74, 6) is 1.38. The van der Waals surface area contributed by atoms with Gasteiger partial charge in [0.25, 0.3) is 0 Å². The van der Waals surface area contributed by atoms with Crippen molar-refractivity contribution in [2.75, 3.05) is 20.8 Å². The molecule has 0 aromatic heterocycles. The number of morpholine rings is 1. The Balaban J connectivity index is 1.54. The molecule has 2 saturated heterocycles. The van der Waals surface area contributed by atoms with Gasteiger partial charge in [0, 0.05) is 6.54 Å². The number of rotatable bonds is 7. The van der Waals surface area contributed by atoms with E-state index in [9.17, 15) is 4.79 Å². The quantitative estimate of drug-likeness (QED) is 0.282. The lowest BCUT2D eigenvalue weighted by Crippen LogP contribution is -2.49. The number of nitrogens with zero attached hydrogens (tertiary/aromatic N) is 2. The average Bonchev–Trinajstić information content (AvgIpc) is 3.33. The topological polar surface area (TPSA) is 51.2 Å². The standard InChI is InChI=1S/C33H32N2O4/c1-37-27-17-13-25(14-18-27)30-31-33(36)39-22-29(24-11-7-4-8-12-24)35(31)32(26-15-19-28(38-2)20-16-26)34(30)21-23-9-5-3-6-10-23/h3-20,29-32H,21-22H2,1-2H3/t29-,30-,31+,32-/m1/s1. The van der Waals surface area contributed by atoms with Crippen LogP contribution in [0.15, 0.2) is 109 Å². The smallest absolute Gasteiger partial charge is 0.325 e. The van der Waals surface area contributed by atoms with Crippen LogP contribution < -0.4 is 9.47 Å². The van der Waals surface area contributed by atoms with Gasteiger partial charge < -0.3 is 14.2 Å². The Kier molecular flexibility index (Phi) is 7.05. The van der Waals surface area contributed by atoms with Crippen LogP contribution in [0.2, 0.25) is 0 Å². The first-order valence-corrected chi connectivity index (χ1v) is 13.2. The fourth-order valence-electron chi connectivity index (χ4n) is 6.00. The molecule has 4 aromatic carbocycles. The van der Waals surface area contributed by atoms with Crippen LogP contribution in [0, 0.1) is 0 Å². The van der Waals surface area contributed by atoms with Crippen molar-refractivity contribution in [1.82, 2.24) is 9.80 Å². The van der Waals surface area contributed by atoms with Crippen molar-refractivity contribution in [2.24, 2.45) is 0 Å². The van der Waals surface area contributed by atoms with Crippen molar-refractivity contribution in [1.29, 1.82) is 0 Å². The van der Waals surface area contributed by atoms with E-state index in [0.29, 0.717) is 13.2 Å². The first kappa shape index (κ1) is 25.2. The third-order valence-electron chi connectivity index (χ3n) is 7.82. The van der Waals surface area contributed by atoms with Gasteiger partial charge in [-0.2, -0.15) is 0 Å². The SMILES string of the molecule is COc1ccc([C@@H]2[C@H]3C(=O)OC[C@H](c4ccccc4)N3[C@H](c3ccc(OC)cc3)N2Cc2ccccc2)cc1. The minimum absolute atomic E-state index is 0.0949. The van der Waals surface area contributed by atoms with Crippen molar-refractivity contribution in [3.63, 3.8) is 0 Å². The molecule has 6 heteroatoms. The highest BCUT2D eigenvalue weighted by atomic mass is 16.5. The second kappa shape index (κ2) is 10.9. The Labute approximate surface area is 229 Å². The summed E-state index contributed by atoms with van der Waals surface area (Å²) in [7, 11) is 3.34. The first-order chi connectivity index (χ1) is 19.2. The molecule has 198 valence electrons. The molecule has 0 radical (unpaired) electrons. The van der Waals surface area contributed by atoms with Crippen LogP contribution >= 0.6 is 0 Å². The van der Waals surface area contributed by atoms with Crippen molar-refractivity contribution < 1.29 is 19.0 Å². The highest BCUT2D eigenvalue weighted by Crippen LogP contribution is 2.52. The van der Waals surface area contributed by atoms with E-state index in [1.807, 2.05) is 48.5 Å². The summed E-state index contributed by atoms with van der Waals surface area (Å²) in [5.41, 5.74) is 4.45. The van der Waals surface area contributed by atoms with Gasteiger partial charge in [-0.15, -0.1) is 0 Å². The van der Waals surface area contributed by atoms with Crippen LogP contribution in [0.5, 0.6) is 11.5 Å². The lowest BCUT2D eigenvalue weighted by molar-refractivity contribution is -0.162. The Hall–Kier alpha value is -4.13. The maximum Gasteiger partial charge on any atom is 0.325 e. The van der Waals surface area contributed by atoms with E-state index in [1.54, 1.807) is 14.2 Å². The summed E-state index contributed by atoms with van der Waals surface area (Å²) in [6.45, 7) is 0.969. The van der Waals surface area contributed by atoms with Gasteiger partial charge in [-0.3, -0.25) is 14.6 Å². The zero-order valence-corrected chi connectivity index (χ0v) is 22.1. The minimum Gasteiger partial charge on any atom is -0.497 e. The lowest BCUT2D eigenvalue weighted by Gasteiger charge is -2.40. The summed E-state index contributed by atoms with van der Waals surface area (Å²) in [6.07, 6.45) is -0.175. The monoisotopic (exact) mass is 520 g/mol. The third-order valence-corrected chi connectivity index (χ3v) is 7.82. The van der Waals surface area contributed by atoms with Gasteiger partial charge in [0.1, 0.15) is 24.1 Å². The van der Waals surface area contributed by atoms with Crippen LogP contribution in [-0.2, 0) is 16.1 Å². The van der Waals surface area contributed by atoms with Gasteiger partial charge in [0.05, 0.1) is 32.5 Å². The van der Waals surface area contributed by atoms with E-state index < -0.39 is 6.04 Å². The molecule has 4 aromatic rings. The van der Waals surface area contributed by atoms with E-state index in [0.717, 1.165) is 28.2 Å². The van der Waals surface area contributed by atoms with Gasteiger partial charge in [0.2, 0.25) is 0 Å². The van der Waals surface area contributed by atoms with E-state index in [1.165, 1.54) is 5.56 Å². The Morgan fingerprint density at radius 1 is 0.692 bits per heavy atom. The zero-order valence-electron chi connectivity index (χ0n) is 22.1. The second-order valence-electron chi connectivity index (χ2n) is 9.97. The fourth-order valence-corrected chi connectivity index (χ4v) is 6.00. The van der Waals surface area contributed by atoms with E-state index in [2.05, 4.69) is 70.5 Å².